The molecule has 0 spiro atoms. The standard InChI is InChI=1S/C32H28ClN3/c1-22(23-11-4-2-5-12-23)34-28-20-19-25(21-29(28)35-24-13-6-3-7-14-24)36-30-17-9-8-15-26(30)32-27(33)16-10-18-31(32)36/h2-16,18-22,30,34-35H,17H2,1H3. The maximum Gasteiger partial charge on any atom is 0.0641 e. The largest absolute Gasteiger partial charge is 0.377 e. The van der Waals surface area contributed by atoms with Crippen molar-refractivity contribution in [3.05, 3.63) is 131 Å². The second-order valence-electron chi connectivity index (χ2n) is 9.30. The maximum absolute atomic E-state index is 6.71. The topological polar surface area (TPSA) is 27.3 Å². The lowest BCUT2D eigenvalue weighted by Gasteiger charge is -2.30. The predicted octanol–water partition coefficient (Wildman–Crippen LogP) is 9.12. The van der Waals surface area contributed by atoms with Gasteiger partial charge in [0.15, 0.2) is 0 Å². The summed E-state index contributed by atoms with van der Waals surface area (Å²) in [5.41, 5.74) is 9.12. The summed E-state index contributed by atoms with van der Waals surface area (Å²) < 4.78 is 0. The SMILES string of the molecule is CC(Nc1ccc(N2c3cccc(Cl)c3C3=CC=CCC32)cc1Nc1ccccc1)c1ccccc1. The minimum Gasteiger partial charge on any atom is -0.377 e. The van der Waals surface area contributed by atoms with Gasteiger partial charge in [-0.05, 0) is 66.9 Å². The van der Waals surface area contributed by atoms with Crippen molar-refractivity contribution in [3.63, 3.8) is 0 Å². The van der Waals surface area contributed by atoms with Crippen LogP contribution in [0.5, 0.6) is 0 Å². The first-order chi connectivity index (χ1) is 17.7. The Morgan fingerprint density at radius 3 is 2.44 bits per heavy atom. The minimum atomic E-state index is 0.165. The number of hydrogen-bond acceptors (Lipinski definition) is 3. The lowest BCUT2D eigenvalue weighted by atomic mass is 9.96. The Morgan fingerprint density at radius 2 is 1.64 bits per heavy atom. The third-order valence-corrected chi connectivity index (χ3v) is 7.30. The number of benzene rings is 4. The lowest BCUT2D eigenvalue weighted by Crippen LogP contribution is -2.27. The first kappa shape index (κ1) is 22.5. The van der Waals surface area contributed by atoms with E-state index in [2.05, 4.69) is 120 Å². The quantitative estimate of drug-likeness (QED) is 0.282. The Hall–Kier alpha value is -3.95. The van der Waals surface area contributed by atoms with E-state index in [1.807, 2.05) is 18.2 Å². The maximum atomic E-state index is 6.71. The van der Waals surface area contributed by atoms with E-state index in [-0.39, 0.29) is 12.1 Å². The van der Waals surface area contributed by atoms with Crippen molar-refractivity contribution >= 4 is 45.6 Å². The van der Waals surface area contributed by atoms with Crippen LogP contribution in [-0.2, 0) is 0 Å². The summed E-state index contributed by atoms with van der Waals surface area (Å²) in [5.74, 6) is 0. The molecule has 2 unspecified atom stereocenters. The van der Waals surface area contributed by atoms with Crippen LogP contribution in [-0.4, -0.2) is 6.04 Å². The monoisotopic (exact) mass is 489 g/mol. The van der Waals surface area contributed by atoms with Crippen LogP contribution in [0, 0.1) is 0 Å². The molecule has 0 bridgehead atoms. The molecule has 0 radical (unpaired) electrons. The third-order valence-electron chi connectivity index (χ3n) is 6.99. The van der Waals surface area contributed by atoms with E-state index < -0.39 is 0 Å². The molecule has 1 aliphatic carbocycles. The highest BCUT2D eigenvalue weighted by Crippen LogP contribution is 2.50. The van der Waals surface area contributed by atoms with E-state index in [0.29, 0.717) is 0 Å². The van der Waals surface area contributed by atoms with E-state index in [9.17, 15) is 0 Å². The van der Waals surface area contributed by atoms with Crippen molar-refractivity contribution in [1.29, 1.82) is 0 Å². The fraction of sp³-hybridized carbons (Fsp3) is 0.125. The summed E-state index contributed by atoms with van der Waals surface area (Å²) in [6, 6.07) is 34.1. The molecule has 2 N–H and O–H groups in total. The Kier molecular flexibility index (Phi) is 6.00. The smallest absolute Gasteiger partial charge is 0.0641 e. The molecule has 0 saturated carbocycles. The van der Waals surface area contributed by atoms with Crippen LogP contribution in [0.15, 0.2) is 115 Å². The molecule has 4 heteroatoms. The van der Waals surface area contributed by atoms with Crippen LogP contribution in [0.3, 0.4) is 0 Å². The molecule has 4 aromatic carbocycles. The van der Waals surface area contributed by atoms with Crippen molar-refractivity contribution in [2.75, 3.05) is 15.5 Å². The average Bonchev–Trinajstić information content (AvgIpc) is 3.26. The molecule has 2 aliphatic rings. The van der Waals surface area contributed by atoms with Crippen LogP contribution in [0.2, 0.25) is 5.02 Å². The van der Waals surface area contributed by atoms with Gasteiger partial charge in [0.2, 0.25) is 0 Å². The number of para-hydroxylation sites is 1. The van der Waals surface area contributed by atoms with Gasteiger partial charge in [-0.25, -0.2) is 0 Å². The van der Waals surface area contributed by atoms with Gasteiger partial charge in [0, 0.05) is 23.0 Å². The average molecular weight is 490 g/mol. The number of allylic oxidation sites excluding steroid dienone is 2. The summed E-state index contributed by atoms with van der Waals surface area (Å²) in [7, 11) is 0. The fourth-order valence-electron chi connectivity index (χ4n) is 5.24. The molecule has 6 rings (SSSR count). The molecule has 0 amide bonds. The van der Waals surface area contributed by atoms with Gasteiger partial charge in [-0.2, -0.15) is 0 Å². The van der Waals surface area contributed by atoms with Crippen LogP contribution in [0.1, 0.15) is 30.5 Å². The molecule has 1 heterocycles. The molecule has 36 heavy (non-hydrogen) atoms. The highest BCUT2D eigenvalue weighted by Gasteiger charge is 2.36. The van der Waals surface area contributed by atoms with Gasteiger partial charge in [0.1, 0.15) is 0 Å². The van der Waals surface area contributed by atoms with Crippen molar-refractivity contribution in [3.8, 4) is 0 Å². The van der Waals surface area contributed by atoms with Crippen LogP contribution in [0.4, 0.5) is 28.4 Å². The zero-order valence-electron chi connectivity index (χ0n) is 20.2. The van der Waals surface area contributed by atoms with Gasteiger partial charge in [-0.3, -0.25) is 0 Å². The van der Waals surface area contributed by atoms with Gasteiger partial charge in [0.25, 0.3) is 0 Å². The second kappa shape index (κ2) is 9.60. The summed E-state index contributed by atoms with van der Waals surface area (Å²) in [6.07, 6.45) is 7.53. The summed E-state index contributed by atoms with van der Waals surface area (Å²) >= 11 is 6.71. The molecular formula is C32H28ClN3. The molecule has 1 aliphatic heterocycles. The van der Waals surface area contributed by atoms with Gasteiger partial charge < -0.3 is 15.5 Å². The van der Waals surface area contributed by atoms with Crippen molar-refractivity contribution < 1.29 is 0 Å². The minimum absolute atomic E-state index is 0.165. The van der Waals surface area contributed by atoms with Gasteiger partial charge in [-0.1, -0.05) is 84.4 Å². The molecule has 0 saturated heterocycles. The van der Waals surface area contributed by atoms with Crippen molar-refractivity contribution in [2.45, 2.75) is 25.4 Å². The van der Waals surface area contributed by atoms with E-state index >= 15 is 0 Å². The zero-order chi connectivity index (χ0) is 24.5. The molecular weight excluding hydrogens is 462 g/mol. The van der Waals surface area contributed by atoms with E-state index in [1.165, 1.54) is 11.1 Å². The number of nitrogens with one attached hydrogen (secondary N) is 2. The Labute approximate surface area is 217 Å². The Bertz CT molecular complexity index is 1440. The second-order valence-corrected chi connectivity index (χ2v) is 9.71. The van der Waals surface area contributed by atoms with Crippen LogP contribution < -0.4 is 15.5 Å². The third kappa shape index (κ3) is 4.16. The highest BCUT2D eigenvalue weighted by molar-refractivity contribution is 6.33. The summed E-state index contributed by atoms with van der Waals surface area (Å²) in [4.78, 5) is 2.43. The first-order valence-corrected chi connectivity index (χ1v) is 12.8. The number of halogens is 1. The van der Waals surface area contributed by atoms with Gasteiger partial charge >= 0.3 is 0 Å². The Morgan fingerprint density at radius 1 is 0.861 bits per heavy atom. The highest BCUT2D eigenvalue weighted by atomic mass is 35.5. The molecule has 0 aromatic heterocycles. The van der Waals surface area contributed by atoms with Crippen molar-refractivity contribution in [1.82, 2.24) is 0 Å². The molecule has 4 aromatic rings. The van der Waals surface area contributed by atoms with Crippen LogP contribution in [0.25, 0.3) is 5.57 Å². The normalized spacial score (nSPS) is 16.7. The first-order valence-electron chi connectivity index (χ1n) is 12.4. The predicted molar refractivity (Wildman–Crippen MR) is 154 cm³/mol. The van der Waals surface area contributed by atoms with E-state index in [4.69, 9.17) is 11.6 Å². The number of hydrogen-bond donors (Lipinski definition) is 2. The molecule has 2 atom stereocenters. The number of rotatable bonds is 6. The fourth-order valence-corrected chi connectivity index (χ4v) is 5.52. The summed E-state index contributed by atoms with van der Waals surface area (Å²) in [5, 5.41) is 8.19. The molecule has 0 fully saturated rings. The Balaban J connectivity index is 1.42. The lowest BCUT2D eigenvalue weighted by molar-refractivity contribution is 0.829. The summed E-state index contributed by atoms with van der Waals surface area (Å²) in [6.45, 7) is 2.19. The number of nitrogens with zero attached hydrogens (tertiary/aromatic N) is 1. The van der Waals surface area contributed by atoms with Gasteiger partial charge in [-0.15, -0.1) is 0 Å². The molecule has 3 nitrogen and oxygen atoms in total. The van der Waals surface area contributed by atoms with Crippen molar-refractivity contribution in [2.24, 2.45) is 0 Å². The number of fused-ring (bicyclic) bond motifs is 3. The van der Waals surface area contributed by atoms with Gasteiger partial charge in [0.05, 0.1) is 28.1 Å². The zero-order valence-corrected chi connectivity index (χ0v) is 20.9. The van der Waals surface area contributed by atoms with E-state index in [1.54, 1.807) is 0 Å². The van der Waals surface area contributed by atoms with E-state index in [0.717, 1.165) is 45.4 Å². The van der Waals surface area contributed by atoms with Crippen LogP contribution >= 0.6 is 11.6 Å². The number of anilines is 5. The molecule has 178 valence electrons.